The highest BCUT2D eigenvalue weighted by atomic mass is 35.5. The van der Waals surface area contributed by atoms with Crippen LogP contribution in [0.1, 0.15) is 31.4 Å². The zero-order valence-electron chi connectivity index (χ0n) is 9.61. The number of hydrogen-bond donors (Lipinski definition) is 0. The fraction of sp³-hybridized carbons (Fsp3) is 0.462. The average molecular weight is 238 g/mol. The van der Waals surface area contributed by atoms with E-state index in [2.05, 4.69) is 0 Å². The summed E-state index contributed by atoms with van der Waals surface area (Å²) in [7, 11) is 1.87. The molecule has 0 N–H and O–H groups in total. The van der Waals surface area contributed by atoms with E-state index in [0.717, 1.165) is 23.4 Å². The van der Waals surface area contributed by atoms with E-state index in [4.69, 9.17) is 11.6 Å². The van der Waals surface area contributed by atoms with Gasteiger partial charge in [-0.3, -0.25) is 4.79 Å². The lowest BCUT2D eigenvalue weighted by molar-refractivity contribution is -0.133. The summed E-state index contributed by atoms with van der Waals surface area (Å²) < 4.78 is 0. The van der Waals surface area contributed by atoms with Crippen LogP contribution in [0.2, 0.25) is 5.02 Å². The Labute approximate surface area is 101 Å². The Balaban J connectivity index is 2.11. The van der Waals surface area contributed by atoms with Crippen molar-refractivity contribution in [1.82, 2.24) is 4.90 Å². The monoisotopic (exact) mass is 237 g/mol. The van der Waals surface area contributed by atoms with E-state index in [-0.39, 0.29) is 17.9 Å². The van der Waals surface area contributed by atoms with Crippen LogP contribution in [0.5, 0.6) is 0 Å². The molecule has 1 aromatic rings. The second kappa shape index (κ2) is 4.46. The van der Waals surface area contributed by atoms with Crippen molar-refractivity contribution in [3.8, 4) is 0 Å². The lowest BCUT2D eigenvalue weighted by Gasteiger charge is -2.25. The fourth-order valence-corrected chi connectivity index (χ4v) is 2.00. The molecule has 0 spiro atoms. The molecule has 1 aromatic carbocycles. The summed E-state index contributed by atoms with van der Waals surface area (Å²) in [4.78, 5) is 13.7. The zero-order valence-corrected chi connectivity index (χ0v) is 10.4. The van der Waals surface area contributed by atoms with E-state index in [1.165, 1.54) is 0 Å². The molecule has 1 atom stereocenters. The summed E-state index contributed by atoms with van der Waals surface area (Å²) in [6.07, 6.45) is 2.09. The van der Waals surface area contributed by atoms with Crippen molar-refractivity contribution in [2.45, 2.75) is 25.8 Å². The quantitative estimate of drug-likeness (QED) is 0.790. The van der Waals surface area contributed by atoms with Crippen molar-refractivity contribution in [2.24, 2.45) is 5.92 Å². The minimum Gasteiger partial charge on any atom is -0.339 e. The summed E-state index contributed by atoms with van der Waals surface area (Å²) in [6.45, 7) is 2.03. The first-order valence-corrected chi connectivity index (χ1v) is 5.99. The van der Waals surface area contributed by atoms with Gasteiger partial charge in [-0.15, -0.1) is 0 Å². The SMILES string of the molecule is CC(c1cccc(Cl)c1)N(C)C(=O)C1CC1. The Morgan fingerprint density at radius 1 is 1.50 bits per heavy atom. The number of benzene rings is 1. The van der Waals surface area contributed by atoms with Crippen molar-refractivity contribution in [3.05, 3.63) is 34.9 Å². The van der Waals surface area contributed by atoms with Crippen molar-refractivity contribution in [2.75, 3.05) is 7.05 Å². The number of hydrogen-bond acceptors (Lipinski definition) is 1. The van der Waals surface area contributed by atoms with Gasteiger partial charge in [0.05, 0.1) is 6.04 Å². The molecule has 1 aliphatic carbocycles. The summed E-state index contributed by atoms with van der Waals surface area (Å²) in [5, 5.41) is 0.719. The predicted molar refractivity (Wildman–Crippen MR) is 65.4 cm³/mol. The molecular formula is C13H16ClNO. The molecule has 0 saturated heterocycles. The summed E-state index contributed by atoms with van der Waals surface area (Å²) in [6, 6.07) is 7.78. The molecular weight excluding hydrogens is 222 g/mol. The van der Waals surface area contributed by atoms with Gasteiger partial charge in [0.1, 0.15) is 0 Å². The molecule has 3 heteroatoms. The Morgan fingerprint density at radius 3 is 2.75 bits per heavy atom. The smallest absolute Gasteiger partial charge is 0.225 e. The van der Waals surface area contributed by atoms with Gasteiger partial charge in [0.15, 0.2) is 0 Å². The molecule has 1 unspecified atom stereocenters. The van der Waals surface area contributed by atoms with Gasteiger partial charge in [-0.05, 0) is 37.5 Å². The highest BCUT2D eigenvalue weighted by molar-refractivity contribution is 6.30. The number of carbonyl (C=O) groups excluding carboxylic acids is 1. The second-order valence-corrected chi connectivity index (χ2v) is 4.89. The second-order valence-electron chi connectivity index (χ2n) is 4.45. The van der Waals surface area contributed by atoms with Gasteiger partial charge in [-0.1, -0.05) is 23.7 Å². The zero-order chi connectivity index (χ0) is 11.7. The minimum absolute atomic E-state index is 0.0896. The normalized spacial score (nSPS) is 16.9. The lowest BCUT2D eigenvalue weighted by atomic mass is 10.1. The van der Waals surface area contributed by atoms with Gasteiger partial charge in [0.25, 0.3) is 0 Å². The van der Waals surface area contributed by atoms with Gasteiger partial charge in [0.2, 0.25) is 5.91 Å². The lowest BCUT2D eigenvalue weighted by Crippen LogP contribution is -2.30. The van der Waals surface area contributed by atoms with Crippen molar-refractivity contribution < 1.29 is 4.79 Å². The third-order valence-electron chi connectivity index (χ3n) is 3.19. The molecule has 1 aliphatic rings. The van der Waals surface area contributed by atoms with E-state index in [1.807, 2.05) is 43.1 Å². The molecule has 0 aromatic heterocycles. The van der Waals surface area contributed by atoms with Crippen LogP contribution < -0.4 is 0 Å². The maximum absolute atomic E-state index is 11.9. The number of rotatable bonds is 3. The van der Waals surface area contributed by atoms with Gasteiger partial charge in [-0.2, -0.15) is 0 Å². The van der Waals surface area contributed by atoms with Crippen LogP contribution in [-0.2, 0) is 4.79 Å². The standard InChI is InChI=1S/C13H16ClNO/c1-9(11-4-3-5-12(14)8-11)15(2)13(16)10-6-7-10/h3-5,8-10H,6-7H2,1-2H3. The van der Waals surface area contributed by atoms with E-state index in [1.54, 1.807) is 0 Å². The van der Waals surface area contributed by atoms with Crippen LogP contribution in [0.25, 0.3) is 0 Å². The molecule has 0 heterocycles. The van der Waals surface area contributed by atoms with Gasteiger partial charge in [-0.25, -0.2) is 0 Å². The Kier molecular flexibility index (Phi) is 3.20. The molecule has 2 rings (SSSR count). The number of halogens is 1. The topological polar surface area (TPSA) is 20.3 Å². The molecule has 1 fully saturated rings. The summed E-state index contributed by atoms with van der Waals surface area (Å²) >= 11 is 5.94. The number of nitrogens with zero attached hydrogens (tertiary/aromatic N) is 1. The van der Waals surface area contributed by atoms with Gasteiger partial charge in [0, 0.05) is 18.0 Å². The van der Waals surface area contributed by atoms with Gasteiger partial charge < -0.3 is 4.90 Å². The van der Waals surface area contributed by atoms with E-state index < -0.39 is 0 Å². The van der Waals surface area contributed by atoms with Crippen LogP contribution in [0.4, 0.5) is 0 Å². The largest absolute Gasteiger partial charge is 0.339 e. The van der Waals surface area contributed by atoms with Crippen LogP contribution in [0.3, 0.4) is 0 Å². The first-order valence-electron chi connectivity index (χ1n) is 5.61. The average Bonchev–Trinajstić information content (AvgIpc) is 3.10. The Morgan fingerprint density at radius 2 is 2.19 bits per heavy atom. The third kappa shape index (κ3) is 2.38. The molecule has 86 valence electrons. The van der Waals surface area contributed by atoms with Crippen LogP contribution in [0, 0.1) is 5.92 Å². The van der Waals surface area contributed by atoms with E-state index in [9.17, 15) is 4.79 Å². The Bertz CT molecular complexity index is 401. The highest BCUT2D eigenvalue weighted by Crippen LogP contribution is 2.33. The third-order valence-corrected chi connectivity index (χ3v) is 3.42. The number of amides is 1. The summed E-state index contributed by atoms with van der Waals surface area (Å²) in [5.41, 5.74) is 1.09. The first-order chi connectivity index (χ1) is 7.59. The van der Waals surface area contributed by atoms with Crippen molar-refractivity contribution in [3.63, 3.8) is 0 Å². The Hall–Kier alpha value is -1.02. The van der Waals surface area contributed by atoms with Crippen LogP contribution >= 0.6 is 11.6 Å². The highest BCUT2D eigenvalue weighted by Gasteiger charge is 2.33. The molecule has 2 nitrogen and oxygen atoms in total. The van der Waals surface area contributed by atoms with Crippen molar-refractivity contribution in [1.29, 1.82) is 0 Å². The maximum atomic E-state index is 11.9. The van der Waals surface area contributed by atoms with Crippen LogP contribution in [0.15, 0.2) is 24.3 Å². The summed E-state index contributed by atoms with van der Waals surface area (Å²) in [5.74, 6) is 0.527. The number of carbonyl (C=O) groups is 1. The molecule has 16 heavy (non-hydrogen) atoms. The van der Waals surface area contributed by atoms with E-state index in [0.29, 0.717) is 0 Å². The predicted octanol–water partition coefficient (Wildman–Crippen LogP) is 3.27. The van der Waals surface area contributed by atoms with Crippen molar-refractivity contribution >= 4 is 17.5 Å². The van der Waals surface area contributed by atoms with Crippen LogP contribution in [-0.4, -0.2) is 17.9 Å². The maximum Gasteiger partial charge on any atom is 0.225 e. The fourth-order valence-electron chi connectivity index (χ4n) is 1.80. The molecule has 0 radical (unpaired) electrons. The molecule has 0 bridgehead atoms. The first kappa shape index (κ1) is 11.5. The molecule has 0 aliphatic heterocycles. The molecule has 1 amide bonds. The van der Waals surface area contributed by atoms with E-state index >= 15 is 0 Å². The minimum atomic E-state index is 0.0896. The molecule has 1 saturated carbocycles. The van der Waals surface area contributed by atoms with Gasteiger partial charge >= 0.3 is 0 Å².